The zero-order chi connectivity index (χ0) is 12.8. The molecule has 2 aromatic rings. The highest BCUT2D eigenvalue weighted by Gasteiger charge is 1.97. The predicted octanol–water partition coefficient (Wildman–Crippen LogP) is 1.92. The number of carbonyl (C=O) groups excluding carboxylic acids is 1. The third-order valence-corrected chi connectivity index (χ3v) is 2.35. The number of aromatic nitrogens is 2. The Labute approximate surface area is 105 Å². The van der Waals surface area contributed by atoms with Gasteiger partial charge in [-0.25, -0.2) is 4.98 Å². The van der Waals surface area contributed by atoms with E-state index in [1.807, 2.05) is 35.0 Å². The number of benzene rings is 1. The van der Waals surface area contributed by atoms with Crippen LogP contribution >= 0.6 is 0 Å². The van der Waals surface area contributed by atoms with Crippen LogP contribution in [0, 0.1) is 0 Å². The number of amides is 1. The first-order chi connectivity index (χ1) is 8.74. The van der Waals surface area contributed by atoms with E-state index in [2.05, 4.69) is 10.3 Å². The molecule has 0 bridgehead atoms. The molecule has 5 heteroatoms. The Morgan fingerprint density at radius 1 is 1.39 bits per heavy atom. The molecule has 5 nitrogen and oxygen atoms in total. The number of nitrogens with zero attached hydrogens (tertiary/aromatic N) is 2. The lowest BCUT2D eigenvalue weighted by Crippen LogP contribution is -2.07. The third kappa shape index (κ3) is 3.62. The summed E-state index contributed by atoms with van der Waals surface area (Å²) in [5, 5.41) is 2.70. The number of hydrogen-bond acceptors (Lipinski definition) is 3. The Bertz CT molecular complexity index is 491. The Morgan fingerprint density at radius 3 is 2.78 bits per heavy atom. The number of ether oxygens (including phenoxy) is 1. The van der Waals surface area contributed by atoms with Gasteiger partial charge in [-0.2, -0.15) is 0 Å². The van der Waals surface area contributed by atoms with Gasteiger partial charge in [-0.1, -0.05) is 0 Å². The van der Waals surface area contributed by atoms with Gasteiger partial charge in [0.25, 0.3) is 0 Å². The van der Waals surface area contributed by atoms with E-state index in [4.69, 9.17) is 4.74 Å². The van der Waals surface area contributed by atoms with Crippen LogP contribution in [0.3, 0.4) is 0 Å². The minimum absolute atomic E-state index is 0.0798. The van der Waals surface area contributed by atoms with Gasteiger partial charge in [0.05, 0.1) is 12.9 Å². The van der Waals surface area contributed by atoms with Gasteiger partial charge in [0.15, 0.2) is 0 Å². The molecule has 94 valence electrons. The summed E-state index contributed by atoms with van der Waals surface area (Å²) in [6, 6.07) is 7.29. The predicted molar refractivity (Wildman–Crippen MR) is 68.5 cm³/mol. The quantitative estimate of drug-likeness (QED) is 0.875. The number of hydrogen-bond donors (Lipinski definition) is 1. The topological polar surface area (TPSA) is 56.1 Å². The first kappa shape index (κ1) is 12.2. The number of imidazole rings is 1. The van der Waals surface area contributed by atoms with E-state index in [1.54, 1.807) is 12.5 Å². The zero-order valence-electron chi connectivity index (χ0n) is 10.2. The average molecular weight is 245 g/mol. The molecule has 0 aliphatic carbocycles. The van der Waals surface area contributed by atoms with Crippen molar-refractivity contribution in [3.05, 3.63) is 43.0 Å². The Balaban J connectivity index is 1.81. The van der Waals surface area contributed by atoms with E-state index in [0.29, 0.717) is 6.61 Å². The minimum atomic E-state index is -0.0798. The molecule has 2 rings (SSSR count). The van der Waals surface area contributed by atoms with Gasteiger partial charge in [0.2, 0.25) is 5.91 Å². The molecule has 1 aromatic carbocycles. The van der Waals surface area contributed by atoms with Crippen molar-refractivity contribution in [2.24, 2.45) is 0 Å². The molecule has 0 spiro atoms. The summed E-state index contributed by atoms with van der Waals surface area (Å²) in [4.78, 5) is 14.8. The summed E-state index contributed by atoms with van der Waals surface area (Å²) in [7, 11) is 0. The van der Waals surface area contributed by atoms with Crippen molar-refractivity contribution < 1.29 is 9.53 Å². The molecule has 1 heterocycles. The fourth-order valence-electron chi connectivity index (χ4n) is 1.53. The monoisotopic (exact) mass is 245 g/mol. The van der Waals surface area contributed by atoms with Crippen molar-refractivity contribution in [3.63, 3.8) is 0 Å². The van der Waals surface area contributed by atoms with Crippen molar-refractivity contribution in [1.29, 1.82) is 0 Å². The third-order valence-electron chi connectivity index (χ3n) is 2.35. The van der Waals surface area contributed by atoms with Gasteiger partial charge in [-0.3, -0.25) is 4.79 Å². The van der Waals surface area contributed by atoms with Crippen LogP contribution in [0.2, 0.25) is 0 Å². The largest absolute Gasteiger partial charge is 0.492 e. The second-order valence-electron chi connectivity index (χ2n) is 3.85. The van der Waals surface area contributed by atoms with Gasteiger partial charge < -0.3 is 14.6 Å². The molecule has 1 amide bonds. The summed E-state index contributed by atoms with van der Waals surface area (Å²) >= 11 is 0. The molecule has 18 heavy (non-hydrogen) atoms. The van der Waals surface area contributed by atoms with E-state index in [1.165, 1.54) is 6.92 Å². The lowest BCUT2D eigenvalue weighted by molar-refractivity contribution is -0.114. The van der Waals surface area contributed by atoms with Crippen LogP contribution in [0.25, 0.3) is 0 Å². The maximum absolute atomic E-state index is 10.9. The van der Waals surface area contributed by atoms with Crippen LogP contribution in [0.1, 0.15) is 6.92 Å². The van der Waals surface area contributed by atoms with Gasteiger partial charge in [-0.15, -0.1) is 0 Å². The highest BCUT2D eigenvalue weighted by atomic mass is 16.5. The zero-order valence-corrected chi connectivity index (χ0v) is 10.2. The molecule has 0 aliphatic heterocycles. The van der Waals surface area contributed by atoms with Gasteiger partial charge in [-0.05, 0) is 24.3 Å². The number of carbonyl (C=O) groups is 1. The molecule has 0 atom stereocenters. The van der Waals surface area contributed by atoms with Crippen molar-refractivity contribution >= 4 is 11.6 Å². The van der Waals surface area contributed by atoms with Crippen LogP contribution in [-0.4, -0.2) is 22.1 Å². The highest BCUT2D eigenvalue weighted by Crippen LogP contribution is 2.15. The average Bonchev–Trinajstić information content (AvgIpc) is 2.84. The minimum Gasteiger partial charge on any atom is -0.492 e. The first-order valence-corrected chi connectivity index (χ1v) is 5.70. The van der Waals surface area contributed by atoms with Crippen molar-refractivity contribution in [1.82, 2.24) is 9.55 Å². The van der Waals surface area contributed by atoms with Crippen molar-refractivity contribution in [2.45, 2.75) is 13.5 Å². The van der Waals surface area contributed by atoms with E-state index >= 15 is 0 Å². The van der Waals surface area contributed by atoms with E-state index in [0.717, 1.165) is 18.0 Å². The molecule has 0 saturated heterocycles. The van der Waals surface area contributed by atoms with Crippen LogP contribution in [0.4, 0.5) is 5.69 Å². The van der Waals surface area contributed by atoms with E-state index in [-0.39, 0.29) is 5.91 Å². The first-order valence-electron chi connectivity index (χ1n) is 5.70. The fraction of sp³-hybridized carbons (Fsp3) is 0.231. The second-order valence-corrected chi connectivity index (χ2v) is 3.85. The van der Waals surface area contributed by atoms with Gasteiger partial charge in [0, 0.05) is 25.0 Å². The summed E-state index contributed by atoms with van der Waals surface area (Å²) < 4.78 is 7.53. The molecule has 0 aliphatic rings. The van der Waals surface area contributed by atoms with Crippen LogP contribution in [0.15, 0.2) is 43.0 Å². The standard InChI is InChI=1S/C13H15N3O2/c1-11(17)15-12-2-4-13(5-3-12)18-9-8-16-7-6-14-10-16/h2-7,10H,8-9H2,1H3,(H,15,17). The maximum atomic E-state index is 10.9. The van der Waals surface area contributed by atoms with Crippen molar-refractivity contribution in [2.75, 3.05) is 11.9 Å². The highest BCUT2D eigenvalue weighted by molar-refractivity contribution is 5.88. The van der Waals surface area contributed by atoms with E-state index < -0.39 is 0 Å². The molecule has 0 saturated carbocycles. The summed E-state index contributed by atoms with van der Waals surface area (Å²) in [6.07, 6.45) is 5.38. The Morgan fingerprint density at radius 2 is 2.17 bits per heavy atom. The normalized spacial score (nSPS) is 10.1. The number of anilines is 1. The Hall–Kier alpha value is -2.30. The molecule has 1 aromatic heterocycles. The molecule has 0 unspecified atom stereocenters. The lowest BCUT2D eigenvalue weighted by atomic mass is 10.3. The number of rotatable bonds is 5. The fourth-order valence-corrected chi connectivity index (χ4v) is 1.53. The second kappa shape index (κ2) is 5.86. The molecular formula is C13H15N3O2. The summed E-state index contributed by atoms with van der Waals surface area (Å²) in [5.74, 6) is 0.702. The molecule has 0 fully saturated rings. The van der Waals surface area contributed by atoms with Crippen LogP contribution in [-0.2, 0) is 11.3 Å². The molecular weight excluding hydrogens is 230 g/mol. The molecule has 0 radical (unpaired) electrons. The van der Waals surface area contributed by atoms with Crippen LogP contribution < -0.4 is 10.1 Å². The van der Waals surface area contributed by atoms with Gasteiger partial charge in [0.1, 0.15) is 12.4 Å². The van der Waals surface area contributed by atoms with Crippen molar-refractivity contribution in [3.8, 4) is 5.75 Å². The van der Waals surface area contributed by atoms with Gasteiger partial charge >= 0.3 is 0 Å². The maximum Gasteiger partial charge on any atom is 0.221 e. The van der Waals surface area contributed by atoms with E-state index in [9.17, 15) is 4.79 Å². The molecule has 1 N–H and O–H groups in total. The smallest absolute Gasteiger partial charge is 0.221 e. The SMILES string of the molecule is CC(=O)Nc1ccc(OCCn2ccnc2)cc1. The summed E-state index contributed by atoms with van der Waals surface area (Å²) in [6.45, 7) is 2.82. The Kier molecular flexibility index (Phi) is 3.96. The summed E-state index contributed by atoms with van der Waals surface area (Å²) in [5.41, 5.74) is 0.768. The lowest BCUT2D eigenvalue weighted by Gasteiger charge is -2.07. The van der Waals surface area contributed by atoms with Crippen LogP contribution in [0.5, 0.6) is 5.75 Å². The number of nitrogens with one attached hydrogen (secondary N) is 1.